The molecule has 0 atom stereocenters. The van der Waals surface area contributed by atoms with Crippen LogP contribution in [-0.2, 0) is 0 Å². The quantitative estimate of drug-likeness (QED) is 0.605. The molecule has 3 nitrogen and oxygen atoms in total. The topological polar surface area (TPSA) is 29.0 Å². The Morgan fingerprint density at radius 3 is 2.60 bits per heavy atom. The molecule has 3 heterocycles. The summed E-state index contributed by atoms with van der Waals surface area (Å²) in [6.45, 7) is 4.38. The third-order valence-corrected chi connectivity index (χ3v) is 7.06. The summed E-state index contributed by atoms with van der Waals surface area (Å²) >= 11 is 3.56. The van der Waals surface area contributed by atoms with Gasteiger partial charge in [-0.25, -0.2) is 14.4 Å². The van der Waals surface area contributed by atoms with Gasteiger partial charge in [0.2, 0.25) is 0 Å². The summed E-state index contributed by atoms with van der Waals surface area (Å²) in [4.78, 5) is 13.7. The molecule has 1 aromatic carbocycles. The van der Waals surface area contributed by atoms with Gasteiger partial charge in [0.1, 0.15) is 22.0 Å². The molecule has 0 aliphatic carbocycles. The van der Waals surface area contributed by atoms with E-state index in [-0.39, 0.29) is 5.82 Å². The maximum atomic E-state index is 13.3. The second-order valence-corrected chi connectivity index (χ2v) is 9.01. The number of hydrogen-bond acceptors (Lipinski definition) is 5. The van der Waals surface area contributed by atoms with Gasteiger partial charge in [-0.3, -0.25) is 0 Å². The van der Waals surface area contributed by atoms with E-state index in [0.29, 0.717) is 5.25 Å². The van der Waals surface area contributed by atoms with E-state index in [1.54, 1.807) is 17.7 Å². The summed E-state index contributed by atoms with van der Waals surface area (Å²) < 4.78 is 13.3. The zero-order valence-electron chi connectivity index (χ0n) is 14.3. The molecule has 0 radical (unpaired) electrons. The number of rotatable bonds is 3. The minimum atomic E-state index is -0.210. The molecule has 4 rings (SSSR count). The monoisotopic (exact) mass is 373 g/mol. The highest BCUT2D eigenvalue weighted by atomic mass is 32.2. The van der Waals surface area contributed by atoms with Crippen LogP contribution in [0, 0.1) is 12.7 Å². The Morgan fingerprint density at radius 1 is 1.16 bits per heavy atom. The van der Waals surface area contributed by atoms with Crippen molar-refractivity contribution in [2.75, 3.05) is 20.1 Å². The van der Waals surface area contributed by atoms with E-state index in [2.05, 4.69) is 28.8 Å². The van der Waals surface area contributed by atoms with Gasteiger partial charge in [-0.15, -0.1) is 23.1 Å². The molecule has 3 aromatic rings. The van der Waals surface area contributed by atoms with Crippen LogP contribution in [0.5, 0.6) is 0 Å². The van der Waals surface area contributed by atoms with Crippen LogP contribution < -0.4 is 0 Å². The molecule has 6 heteroatoms. The predicted octanol–water partition coefficient (Wildman–Crippen LogP) is 4.99. The molecular formula is C19H20FN3S2. The smallest absolute Gasteiger partial charge is 0.128 e. The molecular weight excluding hydrogens is 353 g/mol. The number of piperidine rings is 1. The molecule has 25 heavy (non-hydrogen) atoms. The SMILES string of the molecule is Cc1sc2ncnc(SC3CCN(C)CC3)c2c1-c1ccc(F)cc1. The van der Waals surface area contributed by atoms with Crippen molar-refractivity contribution in [2.24, 2.45) is 0 Å². The second kappa shape index (κ2) is 7.02. The van der Waals surface area contributed by atoms with Crippen LogP contribution in [0.25, 0.3) is 21.3 Å². The van der Waals surface area contributed by atoms with Gasteiger partial charge in [0.05, 0.1) is 5.39 Å². The van der Waals surface area contributed by atoms with Gasteiger partial charge in [-0.1, -0.05) is 12.1 Å². The highest BCUT2D eigenvalue weighted by Crippen LogP contribution is 2.43. The Bertz CT molecular complexity index is 884. The van der Waals surface area contributed by atoms with E-state index in [1.807, 2.05) is 23.9 Å². The largest absolute Gasteiger partial charge is 0.306 e. The zero-order chi connectivity index (χ0) is 17.4. The normalized spacial score (nSPS) is 16.6. The van der Waals surface area contributed by atoms with Gasteiger partial charge in [-0.2, -0.15) is 0 Å². The predicted molar refractivity (Wildman–Crippen MR) is 104 cm³/mol. The van der Waals surface area contributed by atoms with E-state index in [4.69, 9.17) is 0 Å². The highest BCUT2D eigenvalue weighted by Gasteiger charge is 2.22. The van der Waals surface area contributed by atoms with Crippen molar-refractivity contribution in [3.63, 3.8) is 0 Å². The molecule has 1 fully saturated rings. The van der Waals surface area contributed by atoms with Gasteiger partial charge in [-0.05, 0) is 57.6 Å². The van der Waals surface area contributed by atoms with E-state index >= 15 is 0 Å². The Morgan fingerprint density at radius 2 is 1.88 bits per heavy atom. The van der Waals surface area contributed by atoms with Crippen molar-refractivity contribution in [2.45, 2.75) is 30.0 Å². The van der Waals surface area contributed by atoms with Gasteiger partial charge < -0.3 is 4.90 Å². The lowest BCUT2D eigenvalue weighted by atomic mass is 10.0. The Balaban J connectivity index is 1.76. The van der Waals surface area contributed by atoms with Crippen LogP contribution in [0.4, 0.5) is 4.39 Å². The number of halogens is 1. The molecule has 1 aliphatic rings. The van der Waals surface area contributed by atoms with E-state index in [1.165, 1.54) is 29.9 Å². The van der Waals surface area contributed by atoms with Crippen LogP contribution in [-0.4, -0.2) is 40.3 Å². The van der Waals surface area contributed by atoms with Crippen molar-refractivity contribution < 1.29 is 4.39 Å². The number of likely N-dealkylation sites (tertiary alicyclic amines) is 1. The molecule has 0 bridgehead atoms. The minimum Gasteiger partial charge on any atom is -0.306 e. The first-order valence-electron chi connectivity index (χ1n) is 8.47. The van der Waals surface area contributed by atoms with Gasteiger partial charge in [0.25, 0.3) is 0 Å². The average Bonchev–Trinajstić information content (AvgIpc) is 2.95. The lowest BCUT2D eigenvalue weighted by Crippen LogP contribution is -2.31. The summed E-state index contributed by atoms with van der Waals surface area (Å²) in [5.41, 5.74) is 2.18. The van der Waals surface area contributed by atoms with Crippen molar-refractivity contribution in [3.8, 4) is 11.1 Å². The molecule has 1 aliphatic heterocycles. The first-order valence-corrected chi connectivity index (χ1v) is 10.2. The standard InChI is InChI=1S/C19H20FN3S2/c1-12-16(13-3-5-14(20)6-4-13)17-18(24-12)21-11-22-19(17)25-15-7-9-23(2)10-8-15/h3-6,11,15H,7-10H2,1-2H3. The third-order valence-electron chi connectivity index (χ3n) is 4.71. The lowest BCUT2D eigenvalue weighted by Gasteiger charge is -2.28. The number of benzene rings is 1. The summed E-state index contributed by atoms with van der Waals surface area (Å²) in [6, 6.07) is 6.74. The highest BCUT2D eigenvalue weighted by molar-refractivity contribution is 8.00. The minimum absolute atomic E-state index is 0.210. The van der Waals surface area contributed by atoms with Crippen LogP contribution in [0.3, 0.4) is 0 Å². The van der Waals surface area contributed by atoms with Crippen LogP contribution in [0.2, 0.25) is 0 Å². The number of thioether (sulfide) groups is 1. The first kappa shape index (κ1) is 16.9. The maximum absolute atomic E-state index is 13.3. The van der Waals surface area contributed by atoms with Crippen molar-refractivity contribution in [1.29, 1.82) is 0 Å². The number of fused-ring (bicyclic) bond motifs is 1. The van der Waals surface area contributed by atoms with Crippen LogP contribution in [0.1, 0.15) is 17.7 Å². The van der Waals surface area contributed by atoms with Crippen molar-refractivity contribution >= 4 is 33.3 Å². The van der Waals surface area contributed by atoms with E-state index < -0.39 is 0 Å². The second-order valence-electron chi connectivity index (χ2n) is 6.52. The van der Waals surface area contributed by atoms with Crippen LogP contribution in [0.15, 0.2) is 35.6 Å². The average molecular weight is 374 g/mol. The molecule has 0 saturated carbocycles. The number of aromatic nitrogens is 2. The summed E-state index contributed by atoms with van der Waals surface area (Å²) in [6.07, 6.45) is 4.04. The Kier molecular flexibility index (Phi) is 4.75. The number of aryl methyl sites for hydroxylation is 1. The molecule has 0 spiro atoms. The molecule has 0 N–H and O–H groups in total. The van der Waals surface area contributed by atoms with Gasteiger partial charge in [0, 0.05) is 15.7 Å². The van der Waals surface area contributed by atoms with E-state index in [9.17, 15) is 4.39 Å². The third kappa shape index (κ3) is 3.43. The fraction of sp³-hybridized carbons (Fsp3) is 0.368. The van der Waals surface area contributed by atoms with Gasteiger partial charge >= 0.3 is 0 Å². The molecule has 2 aromatic heterocycles. The Labute approximate surface area is 155 Å². The summed E-state index contributed by atoms with van der Waals surface area (Å²) in [5, 5.41) is 2.78. The fourth-order valence-electron chi connectivity index (χ4n) is 3.33. The fourth-order valence-corrected chi connectivity index (χ4v) is 5.60. The molecule has 0 amide bonds. The molecule has 130 valence electrons. The Hall–Kier alpha value is -1.50. The van der Waals surface area contributed by atoms with Gasteiger partial charge in [0.15, 0.2) is 0 Å². The summed E-state index contributed by atoms with van der Waals surface area (Å²) in [7, 11) is 2.18. The molecule has 1 saturated heterocycles. The number of thiophene rings is 1. The van der Waals surface area contributed by atoms with Crippen molar-refractivity contribution in [3.05, 3.63) is 41.3 Å². The maximum Gasteiger partial charge on any atom is 0.128 e. The lowest BCUT2D eigenvalue weighted by molar-refractivity contribution is 0.282. The summed E-state index contributed by atoms with van der Waals surface area (Å²) in [5.74, 6) is -0.210. The number of hydrogen-bond donors (Lipinski definition) is 0. The first-order chi connectivity index (χ1) is 12.1. The van der Waals surface area contributed by atoms with Crippen LogP contribution >= 0.6 is 23.1 Å². The zero-order valence-corrected chi connectivity index (χ0v) is 16.0. The van der Waals surface area contributed by atoms with Crippen molar-refractivity contribution in [1.82, 2.24) is 14.9 Å². The molecule has 0 unspecified atom stereocenters. The number of nitrogens with zero attached hydrogens (tertiary/aromatic N) is 3. The van der Waals surface area contributed by atoms with E-state index in [0.717, 1.165) is 39.5 Å².